The van der Waals surface area contributed by atoms with Crippen LogP contribution in [0.1, 0.15) is 63.9 Å². The van der Waals surface area contributed by atoms with E-state index in [0.29, 0.717) is 5.57 Å². The molecular formula is C21H28O4. The fourth-order valence-corrected chi connectivity index (χ4v) is 3.39. The van der Waals surface area contributed by atoms with Crippen molar-refractivity contribution in [3.63, 3.8) is 0 Å². The third-order valence-corrected chi connectivity index (χ3v) is 4.69. The number of aliphatic hydroxyl groups is 3. The molecule has 0 aromatic heterocycles. The highest BCUT2D eigenvalue weighted by atomic mass is 16.3. The van der Waals surface area contributed by atoms with Gasteiger partial charge in [0.2, 0.25) is 0 Å². The molecule has 0 heterocycles. The SMILES string of the molecule is CCCCC(C(CCC)=C1CC(O)=C(O)C=C1O)c1ccc(O)cc1. The summed E-state index contributed by atoms with van der Waals surface area (Å²) in [5.41, 5.74) is 2.88. The lowest BCUT2D eigenvalue weighted by Gasteiger charge is -2.26. The zero-order valence-electron chi connectivity index (χ0n) is 15.0. The van der Waals surface area contributed by atoms with E-state index in [0.717, 1.165) is 43.2 Å². The van der Waals surface area contributed by atoms with Gasteiger partial charge in [0, 0.05) is 24.0 Å². The second-order valence-corrected chi connectivity index (χ2v) is 6.58. The Hall–Kier alpha value is -2.36. The van der Waals surface area contributed by atoms with Crippen molar-refractivity contribution in [1.82, 2.24) is 0 Å². The minimum Gasteiger partial charge on any atom is -0.508 e. The minimum atomic E-state index is -0.271. The molecule has 136 valence electrons. The molecule has 0 fully saturated rings. The Morgan fingerprint density at radius 2 is 1.68 bits per heavy atom. The van der Waals surface area contributed by atoms with Crippen molar-refractivity contribution in [2.24, 2.45) is 0 Å². The van der Waals surface area contributed by atoms with Crippen LogP contribution in [0.25, 0.3) is 0 Å². The number of aliphatic hydroxyl groups excluding tert-OH is 3. The van der Waals surface area contributed by atoms with Crippen LogP contribution in [0.15, 0.2) is 58.8 Å². The molecule has 0 aliphatic heterocycles. The summed E-state index contributed by atoms with van der Waals surface area (Å²) in [5, 5.41) is 39.6. The summed E-state index contributed by atoms with van der Waals surface area (Å²) in [6.07, 6.45) is 6.13. The zero-order chi connectivity index (χ0) is 18.4. The smallest absolute Gasteiger partial charge is 0.157 e. The quantitative estimate of drug-likeness (QED) is 0.494. The molecule has 4 nitrogen and oxygen atoms in total. The van der Waals surface area contributed by atoms with Gasteiger partial charge < -0.3 is 20.4 Å². The number of rotatable bonds is 7. The molecule has 0 spiro atoms. The first-order chi connectivity index (χ1) is 12.0. The number of hydrogen-bond acceptors (Lipinski definition) is 4. The molecule has 4 heteroatoms. The van der Waals surface area contributed by atoms with Crippen LogP contribution in [0, 0.1) is 0 Å². The third-order valence-electron chi connectivity index (χ3n) is 4.69. The summed E-state index contributed by atoms with van der Waals surface area (Å²) in [5.74, 6) is -0.0140. The van der Waals surface area contributed by atoms with Gasteiger partial charge in [-0.2, -0.15) is 0 Å². The van der Waals surface area contributed by atoms with E-state index in [1.165, 1.54) is 6.08 Å². The van der Waals surface area contributed by atoms with Crippen molar-refractivity contribution in [2.45, 2.75) is 58.3 Å². The number of phenols is 1. The van der Waals surface area contributed by atoms with Gasteiger partial charge in [-0.15, -0.1) is 0 Å². The molecule has 2 rings (SSSR count). The molecule has 1 aliphatic carbocycles. The third kappa shape index (κ3) is 4.59. The van der Waals surface area contributed by atoms with Crippen molar-refractivity contribution in [3.05, 3.63) is 64.3 Å². The number of phenolic OH excluding ortho intramolecular Hbond substituents is 1. The molecule has 0 radical (unpaired) electrons. The Labute approximate surface area is 149 Å². The maximum absolute atomic E-state index is 10.4. The van der Waals surface area contributed by atoms with Gasteiger partial charge in [0.25, 0.3) is 0 Å². The van der Waals surface area contributed by atoms with Crippen LogP contribution in [0.5, 0.6) is 5.75 Å². The molecule has 1 unspecified atom stereocenters. The van der Waals surface area contributed by atoms with Gasteiger partial charge in [-0.3, -0.25) is 0 Å². The molecular weight excluding hydrogens is 316 g/mol. The summed E-state index contributed by atoms with van der Waals surface area (Å²) in [7, 11) is 0. The van der Waals surface area contributed by atoms with Crippen molar-refractivity contribution in [1.29, 1.82) is 0 Å². The van der Waals surface area contributed by atoms with Crippen LogP contribution in [-0.2, 0) is 0 Å². The number of allylic oxidation sites excluding steroid dienone is 4. The molecule has 4 N–H and O–H groups in total. The number of unbranched alkanes of at least 4 members (excludes halogenated alkanes) is 1. The van der Waals surface area contributed by atoms with Gasteiger partial charge in [-0.25, -0.2) is 0 Å². The average Bonchev–Trinajstić information content (AvgIpc) is 2.59. The van der Waals surface area contributed by atoms with E-state index < -0.39 is 0 Å². The average molecular weight is 344 g/mol. The number of aromatic hydroxyl groups is 1. The summed E-state index contributed by atoms with van der Waals surface area (Å²) < 4.78 is 0. The van der Waals surface area contributed by atoms with Gasteiger partial charge in [0.1, 0.15) is 17.3 Å². The summed E-state index contributed by atoms with van der Waals surface area (Å²) >= 11 is 0. The molecule has 25 heavy (non-hydrogen) atoms. The second-order valence-electron chi connectivity index (χ2n) is 6.58. The molecule has 1 atom stereocenters. The highest BCUT2D eigenvalue weighted by Gasteiger charge is 2.25. The molecule has 1 aromatic carbocycles. The lowest BCUT2D eigenvalue weighted by molar-refractivity contribution is 0.310. The fraction of sp³-hybridized carbons (Fsp3) is 0.429. The summed E-state index contributed by atoms with van der Waals surface area (Å²) in [6, 6.07) is 7.20. The van der Waals surface area contributed by atoms with Crippen molar-refractivity contribution >= 4 is 0 Å². The van der Waals surface area contributed by atoms with Crippen LogP contribution >= 0.6 is 0 Å². The summed E-state index contributed by atoms with van der Waals surface area (Å²) in [4.78, 5) is 0. The van der Waals surface area contributed by atoms with Crippen LogP contribution in [-0.4, -0.2) is 20.4 Å². The Bertz CT molecular complexity index is 680. The summed E-state index contributed by atoms with van der Waals surface area (Å²) in [6.45, 7) is 4.23. The maximum Gasteiger partial charge on any atom is 0.157 e. The van der Waals surface area contributed by atoms with E-state index in [4.69, 9.17) is 0 Å². The predicted molar refractivity (Wildman–Crippen MR) is 99.9 cm³/mol. The van der Waals surface area contributed by atoms with Gasteiger partial charge in [-0.1, -0.05) is 50.8 Å². The van der Waals surface area contributed by atoms with Gasteiger partial charge in [0.15, 0.2) is 5.76 Å². The van der Waals surface area contributed by atoms with E-state index in [1.54, 1.807) is 12.1 Å². The normalized spacial score (nSPS) is 18.1. The standard InChI is InChI=1S/C21H28O4/c1-3-5-7-16(14-8-10-15(22)11-9-14)17(6-4-2)18-12-20(24)21(25)13-19(18)23/h8-11,13,16,22-25H,3-7,12H2,1-2H3. The topological polar surface area (TPSA) is 80.9 Å². The Morgan fingerprint density at radius 1 is 1.00 bits per heavy atom. The molecule has 0 saturated carbocycles. The zero-order valence-corrected chi connectivity index (χ0v) is 15.0. The molecule has 1 aliphatic rings. The first-order valence-corrected chi connectivity index (χ1v) is 9.00. The lowest BCUT2D eigenvalue weighted by atomic mass is 9.80. The van der Waals surface area contributed by atoms with Crippen molar-refractivity contribution in [2.75, 3.05) is 0 Å². The fourth-order valence-electron chi connectivity index (χ4n) is 3.39. The van der Waals surface area contributed by atoms with Crippen molar-refractivity contribution in [3.8, 4) is 5.75 Å². The van der Waals surface area contributed by atoms with E-state index in [9.17, 15) is 20.4 Å². The highest BCUT2D eigenvalue weighted by molar-refractivity contribution is 5.45. The molecule has 0 bridgehead atoms. The van der Waals surface area contributed by atoms with E-state index in [2.05, 4.69) is 13.8 Å². The molecule has 0 amide bonds. The van der Waals surface area contributed by atoms with Gasteiger partial charge in [-0.05, 0) is 30.5 Å². The predicted octanol–water partition coefficient (Wildman–Crippen LogP) is 5.94. The first-order valence-electron chi connectivity index (χ1n) is 9.00. The van der Waals surface area contributed by atoms with Crippen molar-refractivity contribution < 1.29 is 20.4 Å². The van der Waals surface area contributed by atoms with Crippen LogP contribution in [0.3, 0.4) is 0 Å². The largest absolute Gasteiger partial charge is 0.508 e. The van der Waals surface area contributed by atoms with Gasteiger partial charge >= 0.3 is 0 Å². The Kier molecular flexibility index (Phi) is 6.57. The van der Waals surface area contributed by atoms with Gasteiger partial charge in [0.05, 0.1) is 0 Å². The lowest BCUT2D eigenvalue weighted by Crippen LogP contribution is -2.11. The van der Waals surface area contributed by atoms with Crippen LogP contribution < -0.4 is 0 Å². The monoisotopic (exact) mass is 344 g/mol. The maximum atomic E-state index is 10.4. The first kappa shape index (κ1) is 19.0. The Balaban J connectivity index is 2.51. The number of hydrogen-bond donors (Lipinski definition) is 4. The van der Waals surface area contributed by atoms with Crippen LogP contribution in [0.4, 0.5) is 0 Å². The van der Waals surface area contributed by atoms with E-state index in [1.807, 2.05) is 12.1 Å². The number of benzene rings is 1. The van der Waals surface area contributed by atoms with Crippen LogP contribution in [0.2, 0.25) is 0 Å². The van der Waals surface area contributed by atoms with E-state index >= 15 is 0 Å². The minimum absolute atomic E-state index is 0.0269. The molecule has 1 aromatic rings. The highest BCUT2D eigenvalue weighted by Crippen LogP contribution is 2.39. The second kappa shape index (κ2) is 8.65. The Morgan fingerprint density at radius 3 is 2.28 bits per heavy atom. The van der Waals surface area contributed by atoms with E-state index in [-0.39, 0.29) is 35.4 Å². The molecule has 0 saturated heterocycles.